The van der Waals surface area contributed by atoms with Crippen molar-refractivity contribution in [2.24, 2.45) is 9.98 Å². The lowest BCUT2D eigenvalue weighted by Crippen LogP contribution is -2.48. The van der Waals surface area contributed by atoms with E-state index in [0.717, 1.165) is 62.6 Å². The number of fused-ring (bicyclic) bond motifs is 1. The molecule has 1 amide bonds. The average molecular weight is 417 g/mol. The number of aliphatic imine (C=N–C) groups is 2. The fraction of sp³-hybridized carbons (Fsp3) is 0.714. The summed E-state index contributed by atoms with van der Waals surface area (Å²) >= 11 is 0. The predicted molar refractivity (Wildman–Crippen MR) is 114 cm³/mol. The Bertz CT molecular complexity index is 811. The van der Waals surface area contributed by atoms with Gasteiger partial charge in [-0.3, -0.25) is 4.99 Å². The van der Waals surface area contributed by atoms with Crippen LogP contribution >= 0.6 is 0 Å². The zero-order chi connectivity index (χ0) is 21.1. The minimum Gasteiger partial charge on any atom is -0.444 e. The molecule has 1 atom stereocenters. The van der Waals surface area contributed by atoms with Crippen molar-refractivity contribution in [1.82, 2.24) is 19.8 Å². The standard InChI is InChI=1S/C21H32N6O3/c1-21(2,3)30-20(28)25-15-7-9-26(10-8-15)19-18-16(12-22-13-23-19)27(14-24-18)17-6-4-5-11-29-17/h13-15,17H,4-12H2,1-3H3,(H,25,28). The molecular weight excluding hydrogens is 384 g/mol. The van der Waals surface area contributed by atoms with Crippen molar-refractivity contribution in [3.63, 3.8) is 0 Å². The Labute approximate surface area is 177 Å². The third-order valence-electron chi connectivity index (χ3n) is 5.59. The molecule has 0 radical (unpaired) electrons. The van der Waals surface area contributed by atoms with E-state index in [1.165, 1.54) is 6.42 Å². The van der Waals surface area contributed by atoms with Crippen LogP contribution < -0.4 is 5.32 Å². The van der Waals surface area contributed by atoms with E-state index in [0.29, 0.717) is 6.54 Å². The van der Waals surface area contributed by atoms with Gasteiger partial charge in [-0.1, -0.05) is 0 Å². The number of aromatic nitrogens is 2. The Morgan fingerprint density at radius 1 is 1.23 bits per heavy atom. The monoisotopic (exact) mass is 416 g/mol. The summed E-state index contributed by atoms with van der Waals surface area (Å²) in [5, 5.41) is 2.99. The third kappa shape index (κ3) is 4.83. The van der Waals surface area contributed by atoms with Crippen molar-refractivity contribution in [3.05, 3.63) is 17.7 Å². The molecule has 3 aliphatic heterocycles. The van der Waals surface area contributed by atoms with Crippen LogP contribution in [-0.2, 0) is 16.0 Å². The summed E-state index contributed by atoms with van der Waals surface area (Å²) in [6, 6.07) is 0.101. The van der Waals surface area contributed by atoms with Gasteiger partial charge < -0.3 is 24.3 Å². The minimum absolute atomic E-state index is 0.0355. The second-order valence-electron chi connectivity index (χ2n) is 9.08. The number of carbonyl (C=O) groups is 1. The first-order valence-electron chi connectivity index (χ1n) is 10.9. The van der Waals surface area contributed by atoms with Gasteiger partial charge >= 0.3 is 6.09 Å². The number of rotatable bonds is 2. The van der Waals surface area contributed by atoms with Crippen LogP contribution in [-0.4, -0.2) is 64.1 Å². The predicted octanol–water partition coefficient (Wildman–Crippen LogP) is 2.86. The molecule has 0 saturated carbocycles. The Morgan fingerprint density at radius 2 is 2.03 bits per heavy atom. The van der Waals surface area contributed by atoms with Crippen LogP contribution in [0.25, 0.3) is 0 Å². The molecule has 1 aromatic rings. The maximum Gasteiger partial charge on any atom is 0.407 e. The van der Waals surface area contributed by atoms with E-state index in [-0.39, 0.29) is 18.4 Å². The zero-order valence-electron chi connectivity index (χ0n) is 18.1. The molecule has 9 nitrogen and oxygen atoms in total. The highest BCUT2D eigenvalue weighted by Crippen LogP contribution is 2.27. The number of nitrogens with zero attached hydrogens (tertiary/aromatic N) is 5. The van der Waals surface area contributed by atoms with Gasteiger partial charge in [-0.15, -0.1) is 0 Å². The number of likely N-dealkylation sites (tertiary alicyclic amines) is 1. The van der Waals surface area contributed by atoms with Gasteiger partial charge in [0, 0.05) is 25.7 Å². The number of amides is 1. The first-order valence-corrected chi connectivity index (χ1v) is 10.9. The summed E-state index contributed by atoms with van der Waals surface area (Å²) in [5.74, 6) is 0.858. The maximum absolute atomic E-state index is 12.1. The van der Waals surface area contributed by atoms with Crippen molar-refractivity contribution < 1.29 is 14.3 Å². The van der Waals surface area contributed by atoms with Crippen LogP contribution in [0, 0.1) is 0 Å². The van der Waals surface area contributed by atoms with Crippen LogP contribution in [0.1, 0.15) is 70.5 Å². The lowest BCUT2D eigenvalue weighted by Gasteiger charge is -2.34. The quantitative estimate of drug-likeness (QED) is 0.800. The molecule has 0 bridgehead atoms. The van der Waals surface area contributed by atoms with E-state index in [1.54, 1.807) is 6.34 Å². The second-order valence-corrected chi connectivity index (χ2v) is 9.08. The lowest BCUT2D eigenvalue weighted by atomic mass is 10.0. The molecule has 1 aromatic heterocycles. The molecule has 2 fully saturated rings. The Morgan fingerprint density at radius 3 is 2.73 bits per heavy atom. The molecule has 9 heteroatoms. The SMILES string of the molecule is CC(C)(C)OC(=O)NC1CCN(C2=NC=NCc3c2ncn3C2CCCCO2)CC1. The molecule has 30 heavy (non-hydrogen) atoms. The van der Waals surface area contributed by atoms with E-state index < -0.39 is 5.60 Å². The topological polar surface area (TPSA) is 93.3 Å². The summed E-state index contributed by atoms with van der Waals surface area (Å²) in [5.41, 5.74) is 1.46. The van der Waals surface area contributed by atoms with E-state index in [9.17, 15) is 4.79 Å². The molecule has 164 valence electrons. The van der Waals surface area contributed by atoms with Gasteiger partial charge in [0.05, 0.1) is 18.6 Å². The fourth-order valence-corrected chi connectivity index (χ4v) is 4.15. The highest BCUT2D eigenvalue weighted by atomic mass is 16.6. The van der Waals surface area contributed by atoms with Gasteiger partial charge in [0.25, 0.3) is 0 Å². The number of carbonyl (C=O) groups excluding carboxylic acids is 1. The van der Waals surface area contributed by atoms with E-state index in [2.05, 4.69) is 24.8 Å². The van der Waals surface area contributed by atoms with Crippen LogP contribution in [0.5, 0.6) is 0 Å². The molecule has 0 aliphatic carbocycles. The molecule has 3 aliphatic rings. The molecule has 1 unspecified atom stereocenters. The molecular formula is C21H32N6O3. The average Bonchev–Trinajstić information content (AvgIpc) is 3.00. The van der Waals surface area contributed by atoms with Crippen LogP contribution in [0.15, 0.2) is 16.3 Å². The van der Waals surface area contributed by atoms with Crippen LogP contribution in [0.3, 0.4) is 0 Å². The fourth-order valence-electron chi connectivity index (χ4n) is 4.15. The van der Waals surface area contributed by atoms with Gasteiger partial charge in [-0.05, 0) is 52.9 Å². The molecule has 4 rings (SSSR count). The summed E-state index contributed by atoms with van der Waals surface area (Å²) in [7, 11) is 0. The van der Waals surface area contributed by atoms with E-state index >= 15 is 0 Å². The summed E-state index contributed by atoms with van der Waals surface area (Å²) in [6.45, 7) is 8.54. The molecule has 1 N–H and O–H groups in total. The number of imidazole rings is 1. The minimum atomic E-state index is -0.490. The Kier molecular flexibility index (Phi) is 6.08. The molecule has 4 heterocycles. The van der Waals surface area contributed by atoms with Crippen molar-refractivity contribution in [3.8, 4) is 0 Å². The van der Waals surface area contributed by atoms with Gasteiger partial charge in [0.15, 0.2) is 5.84 Å². The highest BCUT2D eigenvalue weighted by Gasteiger charge is 2.30. The van der Waals surface area contributed by atoms with Crippen molar-refractivity contribution in [2.45, 2.75) is 77.3 Å². The number of alkyl carbamates (subject to hydrolysis) is 1. The Hall–Kier alpha value is -2.42. The van der Waals surface area contributed by atoms with Gasteiger partial charge in [0.2, 0.25) is 0 Å². The molecule has 2 saturated heterocycles. The number of piperidine rings is 1. The van der Waals surface area contributed by atoms with Gasteiger partial charge in [-0.25, -0.2) is 14.8 Å². The lowest BCUT2D eigenvalue weighted by molar-refractivity contribution is -0.0334. The largest absolute Gasteiger partial charge is 0.444 e. The highest BCUT2D eigenvalue weighted by molar-refractivity contribution is 6.02. The number of nitrogens with one attached hydrogen (secondary N) is 1. The first kappa shape index (κ1) is 20.8. The zero-order valence-corrected chi connectivity index (χ0v) is 18.1. The van der Waals surface area contributed by atoms with Crippen molar-refractivity contribution in [1.29, 1.82) is 0 Å². The smallest absolute Gasteiger partial charge is 0.407 e. The molecule has 0 aromatic carbocycles. The van der Waals surface area contributed by atoms with E-state index in [1.807, 2.05) is 27.1 Å². The van der Waals surface area contributed by atoms with Crippen molar-refractivity contribution in [2.75, 3.05) is 19.7 Å². The van der Waals surface area contributed by atoms with Gasteiger partial charge in [0.1, 0.15) is 23.9 Å². The number of amidine groups is 1. The number of ether oxygens (including phenoxy) is 2. The second kappa shape index (κ2) is 8.75. The normalized spacial score (nSPS) is 22.8. The third-order valence-corrected chi connectivity index (χ3v) is 5.59. The summed E-state index contributed by atoms with van der Waals surface area (Å²) in [6.07, 6.45) is 8.13. The van der Waals surface area contributed by atoms with E-state index in [4.69, 9.17) is 14.5 Å². The van der Waals surface area contributed by atoms with Crippen LogP contribution in [0.2, 0.25) is 0 Å². The Balaban J connectivity index is 1.41. The first-order chi connectivity index (χ1) is 14.4. The molecule has 0 spiro atoms. The van der Waals surface area contributed by atoms with Crippen LogP contribution in [0.4, 0.5) is 4.79 Å². The number of hydrogen-bond donors (Lipinski definition) is 1. The maximum atomic E-state index is 12.1. The summed E-state index contributed by atoms with van der Waals surface area (Å²) in [4.78, 5) is 28.0. The summed E-state index contributed by atoms with van der Waals surface area (Å²) < 4.78 is 13.5. The van der Waals surface area contributed by atoms with Gasteiger partial charge in [-0.2, -0.15) is 0 Å². The number of hydrogen-bond acceptors (Lipinski definition) is 7. The van der Waals surface area contributed by atoms with Crippen molar-refractivity contribution >= 4 is 18.3 Å².